The van der Waals surface area contributed by atoms with Crippen molar-refractivity contribution in [3.05, 3.63) is 17.7 Å². The van der Waals surface area contributed by atoms with Crippen LogP contribution >= 0.6 is 0 Å². The summed E-state index contributed by atoms with van der Waals surface area (Å²) in [5.41, 5.74) is 1.48. The Labute approximate surface area is 120 Å². The van der Waals surface area contributed by atoms with E-state index < -0.39 is 12.0 Å². The molecule has 2 aliphatic rings. The van der Waals surface area contributed by atoms with Crippen LogP contribution in [-0.4, -0.2) is 50.3 Å². The van der Waals surface area contributed by atoms with Crippen molar-refractivity contribution in [1.82, 2.24) is 20.2 Å². The van der Waals surface area contributed by atoms with E-state index in [9.17, 15) is 19.5 Å². The Balaban J connectivity index is 1.80. The molecular formula is C13H16N4O4. The number of amides is 2. The largest absolute Gasteiger partial charge is 0.480 e. The molecule has 2 atom stereocenters. The van der Waals surface area contributed by atoms with Crippen LogP contribution in [0.3, 0.4) is 0 Å². The molecule has 3 heterocycles. The number of carbonyl (C=O) groups is 3. The molecule has 1 aromatic heterocycles. The Morgan fingerprint density at radius 1 is 1.43 bits per heavy atom. The smallest absolute Gasteiger partial charge is 0.326 e. The van der Waals surface area contributed by atoms with Crippen molar-refractivity contribution in [2.75, 3.05) is 6.54 Å². The van der Waals surface area contributed by atoms with Gasteiger partial charge < -0.3 is 20.3 Å². The van der Waals surface area contributed by atoms with Gasteiger partial charge in [0.15, 0.2) is 0 Å². The summed E-state index contributed by atoms with van der Waals surface area (Å²) in [6, 6.07) is -0.897. The summed E-state index contributed by atoms with van der Waals surface area (Å²) >= 11 is 0. The SMILES string of the molecule is O=C1CCC(C(=O)N2Cc3[nH]cnc3CC2C(=O)O)CN1. The molecule has 0 radical (unpaired) electrons. The molecule has 3 N–H and O–H groups in total. The summed E-state index contributed by atoms with van der Waals surface area (Å²) in [6.45, 7) is 0.492. The molecule has 8 heteroatoms. The van der Waals surface area contributed by atoms with Gasteiger partial charge in [0.1, 0.15) is 6.04 Å². The Bertz CT molecular complexity index is 587. The van der Waals surface area contributed by atoms with E-state index in [1.807, 2.05) is 0 Å². The number of hydrogen-bond donors (Lipinski definition) is 3. The number of fused-ring (bicyclic) bond motifs is 1. The first-order valence-electron chi connectivity index (χ1n) is 6.87. The number of nitrogens with one attached hydrogen (secondary N) is 2. The number of hydrogen-bond acceptors (Lipinski definition) is 4. The standard InChI is InChI=1S/C13H16N4O4/c18-11-2-1-7(4-14-11)12(19)17-5-9-8(15-6-16-9)3-10(17)13(20)21/h6-7,10H,1-5H2,(H,14,18)(H,15,16)(H,20,21). The van der Waals surface area contributed by atoms with Crippen LogP contribution in [-0.2, 0) is 27.3 Å². The number of rotatable bonds is 2. The molecule has 1 saturated heterocycles. The second-order valence-electron chi connectivity index (χ2n) is 5.39. The Morgan fingerprint density at radius 3 is 2.90 bits per heavy atom. The van der Waals surface area contributed by atoms with Crippen molar-refractivity contribution >= 4 is 17.8 Å². The number of aromatic amines is 1. The molecule has 1 aromatic rings. The number of aromatic nitrogens is 2. The lowest BCUT2D eigenvalue weighted by Gasteiger charge is -2.35. The van der Waals surface area contributed by atoms with Crippen LogP contribution in [0.1, 0.15) is 24.2 Å². The predicted octanol–water partition coefficient (Wildman–Crippen LogP) is -0.726. The summed E-state index contributed by atoms with van der Waals surface area (Å²) in [6.07, 6.45) is 2.48. The first-order chi connectivity index (χ1) is 10.1. The number of carboxylic acid groups (broad SMARTS) is 1. The summed E-state index contributed by atoms with van der Waals surface area (Å²) in [4.78, 5) is 43.6. The molecule has 0 spiro atoms. The van der Waals surface area contributed by atoms with Crippen LogP contribution in [0.5, 0.6) is 0 Å². The van der Waals surface area contributed by atoms with Gasteiger partial charge in [-0.05, 0) is 6.42 Å². The summed E-state index contributed by atoms with van der Waals surface area (Å²) in [7, 11) is 0. The fraction of sp³-hybridized carbons (Fsp3) is 0.538. The molecule has 1 fully saturated rings. The molecule has 2 aliphatic heterocycles. The maximum atomic E-state index is 12.6. The monoisotopic (exact) mass is 292 g/mol. The average molecular weight is 292 g/mol. The maximum Gasteiger partial charge on any atom is 0.326 e. The number of carboxylic acids is 1. The minimum atomic E-state index is -1.03. The van der Waals surface area contributed by atoms with Crippen molar-refractivity contribution in [1.29, 1.82) is 0 Å². The molecule has 3 rings (SSSR count). The van der Waals surface area contributed by atoms with Gasteiger partial charge in [-0.1, -0.05) is 0 Å². The lowest BCUT2D eigenvalue weighted by molar-refractivity contribution is -0.154. The van der Waals surface area contributed by atoms with E-state index in [0.29, 0.717) is 18.5 Å². The number of H-pyrrole nitrogens is 1. The lowest BCUT2D eigenvalue weighted by Crippen LogP contribution is -2.53. The maximum absolute atomic E-state index is 12.6. The summed E-state index contributed by atoms with van der Waals surface area (Å²) < 4.78 is 0. The summed E-state index contributed by atoms with van der Waals surface area (Å²) in [5, 5.41) is 12.0. The van der Waals surface area contributed by atoms with Gasteiger partial charge in [-0.3, -0.25) is 9.59 Å². The van der Waals surface area contributed by atoms with E-state index >= 15 is 0 Å². The molecular weight excluding hydrogens is 276 g/mol. The van der Waals surface area contributed by atoms with Gasteiger partial charge in [-0.25, -0.2) is 9.78 Å². The Morgan fingerprint density at radius 2 is 2.24 bits per heavy atom. The van der Waals surface area contributed by atoms with Gasteiger partial charge in [0.05, 0.1) is 30.2 Å². The average Bonchev–Trinajstić information content (AvgIpc) is 2.93. The van der Waals surface area contributed by atoms with Crippen LogP contribution in [0.2, 0.25) is 0 Å². The third-order valence-corrected chi connectivity index (χ3v) is 4.08. The van der Waals surface area contributed by atoms with E-state index in [2.05, 4.69) is 15.3 Å². The van der Waals surface area contributed by atoms with Gasteiger partial charge >= 0.3 is 5.97 Å². The number of imidazole rings is 1. The minimum absolute atomic E-state index is 0.0664. The van der Waals surface area contributed by atoms with E-state index in [1.165, 1.54) is 11.2 Å². The molecule has 21 heavy (non-hydrogen) atoms. The topological polar surface area (TPSA) is 115 Å². The van der Waals surface area contributed by atoms with E-state index in [4.69, 9.17) is 0 Å². The van der Waals surface area contributed by atoms with Gasteiger partial charge in [0.25, 0.3) is 0 Å². The van der Waals surface area contributed by atoms with E-state index in [1.54, 1.807) is 0 Å². The van der Waals surface area contributed by atoms with Crippen LogP contribution in [0.25, 0.3) is 0 Å². The van der Waals surface area contributed by atoms with Crippen molar-refractivity contribution in [3.8, 4) is 0 Å². The third-order valence-electron chi connectivity index (χ3n) is 4.08. The van der Waals surface area contributed by atoms with Crippen LogP contribution in [0.15, 0.2) is 6.33 Å². The number of carbonyl (C=O) groups excluding carboxylic acids is 2. The molecule has 2 amide bonds. The zero-order chi connectivity index (χ0) is 15.0. The normalized spacial score (nSPS) is 25.1. The van der Waals surface area contributed by atoms with Crippen LogP contribution in [0.4, 0.5) is 0 Å². The third kappa shape index (κ3) is 2.48. The summed E-state index contributed by atoms with van der Waals surface area (Å²) in [5.74, 6) is -1.67. The molecule has 0 aromatic carbocycles. The molecule has 0 saturated carbocycles. The highest BCUT2D eigenvalue weighted by atomic mass is 16.4. The van der Waals surface area contributed by atoms with Gasteiger partial charge in [0, 0.05) is 19.4 Å². The van der Waals surface area contributed by atoms with Crippen molar-refractivity contribution in [3.63, 3.8) is 0 Å². The van der Waals surface area contributed by atoms with Gasteiger partial charge in [-0.15, -0.1) is 0 Å². The molecule has 8 nitrogen and oxygen atoms in total. The first kappa shape index (κ1) is 13.6. The zero-order valence-corrected chi connectivity index (χ0v) is 11.3. The first-order valence-corrected chi connectivity index (χ1v) is 6.87. The molecule has 0 bridgehead atoms. The van der Waals surface area contributed by atoms with Gasteiger partial charge in [0.2, 0.25) is 11.8 Å². The fourth-order valence-corrected chi connectivity index (χ4v) is 2.87. The quantitative estimate of drug-likeness (QED) is 0.665. The molecule has 112 valence electrons. The zero-order valence-electron chi connectivity index (χ0n) is 11.3. The van der Waals surface area contributed by atoms with Gasteiger partial charge in [-0.2, -0.15) is 0 Å². The number of piperidine rings is 1. The lowest BCUT2D eigenvalue weighted by atomic mass is 9.94. The Kier molecular flexibility index (Phi) is 3.36. The second kappa shape index (κ2) is 5.19. The number of aliphatic carboxylic acids is 1. The highest BCUT2D eigenvalue weighted by Crippen LogP contribution is 2.24. The predicted molar refractivity (Wildman–Crippen MR) is 70.0 cm³/mol. The molecule has 0 aliphatic carbocycles. The highest BCUT2D eigenvalue weighted by molar-refractivity contribution is 5.87. The van der Waals surface area contributed by atoms with Crippen LogP contribution in [0, 0.1) is 5.92 Å². The second-order valence-corrected chi connectivity index (χ2v) is 5.39. The van der Waals surface area contributed by atoms with Crippen molar-refractivity contribution in [2.24, 2.45) is 5.92 Å². The molecule has 2 unspecified atom stereocenters. The number of nitrogens with zero attached hydrogens (tertiary/aromatic N) is 2. The van der Waals surface area contributed by atoms with Crippen LogP contribution < -0.4 is 5.32 Å². The highest BCUT2D eigenvalue weighted by Gasteiger charge is 2.39. The van der Waals surface area contributed by atoms with E-state index in [-0.39, 0.29) is 37.2 Å². The van der Waals surface area contributed by atoms with Crippen molar-refractivity contribution in [2.45, 2.75) is 31.8 Å². The minimum Gasteiger partial charge on any atom is -0.480 e. The Hall–Kier alpha value is -2.38. The van der Waals surface area contributed by atoms with E-state index in [0.717, 1.165) is 5.69 Å². The fourth-order valence-electron chi connectivity index (χ4n) is 2.87. The van der Waals surface area contributed by atoms with Crippen molar-refractivity contribution < 1.29 is 19.5 Å².